The first-order valence-corrected chi connectivity index (χ1v) is 7.11. The summed E-state index contributed by atoms with van der Waals surface area (Å²) in [5, 5.41) is 8.85. The van der Waals surface area contributed by atoms with E-state index in [2.05, 4.69) is 27.0 Å². The Morgan fingerprint density at radius 3 is 2.64 bits per heavy atom. The van der Waals surface area contributed by atoms with Crippen LogP contribution in [0.4, 0.5) is 5.82 Å². The summed E-state index contributed by atoms with van der Waals surface area (Å²) < 4.78 is 5.18. The first-order valence-electron chi connectivity index (χ1n) is 7.11. The van der Waals surface area contributed by atoms with Crippen molar-refractivity contribution >= 4 is 11.8 Å². The van der Waals surface area contributed by atoms with Crippen LogP contribution in [0, 0.1) is 0 Å². The zero-order valence-electron chi connectivity index (χ0n) is 12.3. The number of carboxylic acid groups (broad SMARTS) is 1. The lowest BCUT2D eigenvalue weighted by Gasteiger charge is -2.17. The number of aromatic nitrogens is 2. The second kappa shape index (κ2) is 6.01. The minimum atomic E-state index is -1.06. The normalized spacial score (nSPS) is 17.5. The Kier molecular flexibility index (Phi) is 3.91. The highest BCUT2D eigenvalue weighted by Crippen LogP contribution is 2.30. The highest BCUT2D eigenvalue weighted by atomic mass is 16.5. The van der Waals surface area contributed by atoms with E-state index in [-0.39, 0.29) is 5.69 Å². The molecular formula is C16H17N3O3. The van der Waals surface area contributed by atoms with Crippen LogP contribution in [-0.2, 0) is 0 Å². The van der Waals surface area contributed by atoms with Crippen molar-refractivity contribution in [3.8, 4) is 5.75 Å². The molecule has 1 unspecified atom stereocenters. The van der Waals surface area contributed by atoms with Gasteiger partial charge in [0.25, 0.3) is 0 Å². The summed E-state index contributed by atoms with van der Waals surface area (Å²) >= 11 is 0. The number of carbonyl (C=O) groups is 1. The molecule has 1 atom stereocenters. The Morgan fingerprint density at radius 1 is 1.27 bits per heavy atom. The standard InChI is InChI=1S/C16H17N3O3/c1-22-13-4-2-11(3-5-13)12-6-7-19(10-12)15-9-17-14(8-18-15)16(20)21/h2-5,8-9,12H,6-7,10H2,1H3,(H,20,21). The average molecular weight is 299 g/mol. The van der Waals surface area contributed by atoms with E-state index in [4.69, 9.17) is 9.84 Å². The number of aromatic carboxylic acids is 1. The van der Waals surface area contributed by atoms with Gasteiger partial charge in [-0.3, -0.25) is 0 Å². The fourth-order valence-electron chi connectivity index (χ4n) is 2.71. The van der Waals surface area contributed by atoms with Gasteiger partial charge in [-0.05, 0) is 24.1 Å². The topological polar surface area (TPSA) is 75.5 Å². The Labute approximate surface area is 128 Å². The summed E-state index contributed by atoms with van der Waals surface area (Å²) in [6, 6.07) is 8.12. The molecule has 1 saturated heterocycles. The maximum absolute atomic E-state index is 10.8. The molecule has 0 bridgehead atoms. The number of anilines is 1. The highest BCUT2D eigenvalue weighted by Gasteiger charge is 2.25. The van der Waals surface area contributed by atoms with E-state index in [1.54, 1.807) is 7.11 Å². The van der Waals surface area contributed by atoms with Crippen LogP contribution < -0.4 is 9.64 Å². The molecule has 0 radical (unpaired) electrons. The molecule has 22 heavy (non-hydrogen) atoms. The molecule has 1 fully saturated rings. The van der Waals surface area contributed by atoms with Gasteiger partial charge in [0.1, 0.15) is 11.6 Å². The van der Waals surface area contributed by atoms with Gasteiger partial charge in [-0.25, -0.2) is 14.8 Å². The third-order valence-electron chi connectivity index (χ3n) is 3.96. The molecule has 1 N–H and O–H groups in total. The molecule has 1 aromatic carbocycles. The fourth-order valence-corrected chi connectivity index (χ4v) is 2.71. The Hall–Kier alpha value is -2.63. The largest absolute Gasteiger partial charge is 0.497 e. The molecule has 0 aliphatic carbocycles. The van der Waals surface area contributed by atoms with Crippen molar-refractivity contribution in [2.75, 3.05) is 25.1 Å². The van der Waals surface area contributed by atoms with E-state index in [9.17, 15) is 4.79 Å². The summed E-state index contributed by atoms with van der Waals surface area (Å²) in [4.78, 5) is 21.1. The number of hydrogen-bond donors (Lipinski definition) is 1. The van der Waals surface area contributed by atoms with Gasteiger partial charge in [0.15, 0.2) is 5.69 Å². The number of ether oxygens (including phenoxy) is 1. The number of nitrogens with zero attached hydrogens (tertiary/aromatic N) is 3. The summed E-state index contributed by atoms with van der Waals surface area (Å²) in [5.41, 5.74) is 1.24. The second-order valence-corrected chi connectivity index (χ2v) is 5.27. The predicted molar refractivity (Wildman–Crippen MR) is 81.6 cm³/mol. The average Bonchev–Trinajstić information content (AvgIpc) is 3.05. The summed E-state index contributed by atoms with van der Waals surface area (Å²) in [5.74, 6) is 0.957. The van der Waals surface area contributed by atoms with E-state index in [0.29, 0.717) is 5.92 Å². The van der Waals surface area contributed by atoms with Crippen LogP contribution in [0.1, 0.15) is 28.4 Å². The third kappa shape index (κ3) is 2.86. The minimum absolute atomic E-state index is 0.0327. The van der Waals surface area contributed by atoms with E-state index in [0.717, 1.165) is 31.1 Å². The Morgan fingerprint density at radius 2 is 2.05 bits per heavy atom. The van der Waals surface area contributed by atoms with Crippen LogP contribution in [0.25, 0.3) is 0 Å². The molecular weight excluding hydrogens is 282 g/mol. The van der Waals surface area contributed by atoms with Gasteiger partial charge < -0.3 is 14.7 Å². The monoisotopic (exact) mass is 299 g/mol. The summed E-state index contributed by atoms with van der Waals surface area (Å²) in [7, 11) is 1.66. The first-order chi connectivity index (χ1) is 10.7. The Bertz CT molecular complexity index is 655. The molecule has 2 heterocycles. The van der Waals surface area contributed by atoms with Crippen LogP contribution in [0.5, 0.6) is 5.75 Å². The number of carboxylic acids is 1. The van der Waals surface area contributed by atoms with E-state index in [1.807, 2.05) is 12.1 Å². The second-order valence-electron chi connectivity index (χ2n) is 5.27. The lowest BCUT2D eigenvalue weighted by molar-refractivity contribution is 0.0690. The smallest absolute Gasteiger partial charge is 0.356 e. The molecule has 0 saturated carbocycles. The van der Waals surface area contributed by atoms with Gasteiger partial charge >= 0.3 is 5.97 Å². The van der Waals surface area contributed by atoms with Gasteiger partial charge in [-0.1, -0.05) is 12.1 Å². The van der Waals surface area contributed by atoms with Crippen molar-refractivity contribution in [3.63, 3.8) is 0 Å². The number of rotatable bonds is 4. The molecule has 1 aliphatic rings. The van der Waals surface area contributed by atoms with Crippen molar-refractivity contribution in [3.05, 3.63) is 47.9 Å². The fraction of sp³-hybridized carbons (Fsp3) is 0.312. The summed E-state index contributed by atoms with van der Waals surface area (Å²) in [6.07, 6.45) is 3.87. The van der Waals surface area contributed by atoms with Crippen LogP contribution in [0.3, 0.4) is 0 Å². The van der Waals surface area contributed by atoms with Gasteiger partial charge in [0.05, 0.1) is 19.5 Å². The molecule has 6 heteroatoms. The van der Waals surface area contributed by atoms with Crippen molar-refractivity contribution in [1.29, 1.82) is 0 Å². The van der Waals surface area contributed by atoms with Gasteiger partial charge in [0, 0.05) is 19.0 Å². The van der Waals surface area contributed by atoms with E-state index >= 15 is 0 Å². The number of hydrogen-bond acceptors (Lipinski definition) is 5. The van der Waals surface area contributed by atoms with Crippen LogP contribution in [-0.4, -0.2) is 41.2 Å². The SMILES string of the molecule is COc1ccc(C2CCN(c3cnc(C(=O)O)cn3)C2)cc1. The van der Waals surface area contributed by atoms with Crippen molar-refractivity contribution < 1.29 is 14.6 Å². The molecule has 114 valence electrons. The van der Waals surface area contributed by atoms with Crippen molar-refractivity contribution in [1.82, 2.24) is 9.97 Å². The minimum Gasteiger partial charge on any atom is -0.497 e. The zero-order valence-corrected chi connectivity index (χ0v) is 12.3. The summed E-state index contributed by atoms with van der Waals surface area (Å²) in [6.45, 7) is 1.74. The van der Waals surface area contributed by atoms with Crippen molar-refractivity contribution in [2.45, 2.75) is 12.3 Å². The maximum atomic E-state index is 10.8. The van der Waals surface area contributed by atoms with Gasteiger partial charge in [0.2, 0.25) is 0 Å². The molecule has 0 spiro atoms. The molecule has 1 aliphatic heterocycles. The van der Waals surface area contributed by atoms with Crippen LogP contribution in [0.15, 0.2) is 36.7 Å². The number of methoxy groups -OCH3 is 1. The Balaban J connectivity index is 1.69. The molecule has 1 aromatic heterocycles. The van der Waals surface area contributed by atoms with Crippen LogP contribution in [0.2, 0.25) is 0 Å². The first kappa shape index (κ1) is 14.3. The zero-order chi connectivity index (χ0) is 15.5. The molecule has 0 amide bonds. The maximum Gasteiger partial charge on any atom is 0.356 e. The van der Waals surface area contributed by atoms with E-state index < -0.39 is 5.97 Å². The molecule has 3 rings (SSSR count). The van der Waals surface area contributed by atoms with Gasteiger partial charge in [-0.15, -0.1) is 0 Å². The molecule has 6 nitrogen and oxygen atoms in total. The van der Waals surface area contributed by atoms with Crippen LogP contribution >= 0.6 is 0 Å². The molecule has 2 aromatic rings. The highest BCUT2D eigenvalue weighted by molar-refractivity contribution is 5.84. The lowest BCUT2D eigenvalue weighted by atomic mass is 9.98. The quantitative estimate of drug-likeness (QED) is 0.932. The predicted octanol–water partition coefficient (Wildman–Crippen LogP) is 2.18. The van der Waals surface area contributed by atoms with Crippen molar-refractivity contribution in [2.24, 2.45) is 0 Å². The third-order valence-corrected chi connectivity index (χ3v) is 3.96. The van der Waals surface area contributed by atoms with E-state index in [1.165, 1.54) is 18.0 Å². The number of benzene rings is 1. The van der Waals surface area contributed by atoms with Gasteiger partial charge in [-0.2, -0.15) is 0 Å². The lowest BCUT2D eigenvalue weighted by Crippen LogP contribution is -2.21.